The molecule has 0 aliphatic heterocycles. The SMILES string of the molecule is O=P([O-])([O-])Oc1ccc(C(P(=O)([O-])[O-])P(=O)([O-])[O-])cc1.[Li+].[Li+].[Li+].[Li+].[Li+].[Li+]. The fourth-order valence-corrected chi connectivity index (χ4v) is 4.21. The van der Waals surface area contributed by atoms with Crippen molar-refractivity contribution >= 4 is 23.0 Å². The van der Waals surface area contributed by atoms with Crippen LogP contribution in [-0.2, 0) is 13.7 Å². The molecule has 0 aliphatic rings. The van der Waals surface area contributed by atoms with Crippen LogP contribution in [0.5, 0.6) is 5.75 Å². The van der Waals surface area contributed by atoms with Gasteiger partial charge in [-0.15, -0.1) is 0 Å². The maximum absolute atomic E-state index is 10.8. The number of benzene rings is 1. The van der Waals surface area contributed by atoms with E-state index in [-0.39, 0.29) is 113 Å². The van der Waals surface area contributed by atoms with Crippen molar-refractivity contribution in [1.29, 1.82) is 0 Å². The van der Waals surface area contributed by atoms with Gasteiger partial charge in [0, 0.05) is 5.40 Å². The van der Waals surface area contributed by atoms with E-state index in [2.05, 4.69) is 4.52 Å². The molecule has 1 rings (SSSR count). The van der Waals surface area contributed by atoms with Crippen molar-refractivity contribution in [2.45, 2.75) is 5.40 Å². The van der Waals surface area contributed by atoms with E-state index >= 15 is 0 Å². The molecule has 0 bridgehead atoms. The Hall–Kier alpha value is 3.05. The van der Waals surface area contributed by atoms with Crippen molar-refractivity contribution in [2.75, 3.05) is 0 Å². The Kier molecular flexibility index (Phi) is 27.7. The van der Waals surface area contributed by atoms with Crippen LogP contribution in [0.15, 0.2) is 24.3 Å². The minimum Gasteiger partial charge on any atom is -0.810 e. The van der Waals surface area contributed by atoms with Gasteiger partial charge in [-0.2, -0.15) is 0 Å². The molecule has 0 saturated heterocycles. The summed E-state index contributed by atoms with van der Waals surface area (Å²) in [6.45, 7) is 0. The summed E-state index contributed by atoms with van der Waals surface area (Å²) in [5, 5.41) is -2.82. The summed E-state index contributed by atoms with van der Waals surface area (Å²) in [7, 11) is -16.9. The second-order valence-corrected chi connectivity index (χ2v) is 8.24. The number of phosphoric ester groups is 1. The second-order valence-electron chi connectivity index (χ2n) is 3.56. The molecule has 0 aliphatic carbocycles. The smallest absolute Gasteiger partial charge is 0.810 e. The van der Waals surface area contributed by atoms with Crippen LogP contribution in [0, 0.1) is 0 Å². The second kappa shape index (κ2) is 16.7. The van der Waals surface area contributed by atoms with Crippen LogP contribution in [0.1, 0.15) is 11.0 Å². The van der Waals surface area contributed by atoms with Gasteiger partial charge in [-0.3, -0.25) is 0 Å². The van der Waals surface area contributed by atoms with Crippen molar-refractivity contribution in [3.05, 3.63) is 29.8 Å². The Labute approximate surface area is 222 Å². The van der Waals surface area contributed by atoms with Crippen LogP contribution in [0.25, 0.3) is 0 Å². The predicted molar refractivity (Wildman–Crippen MR) is 52.6 cm³/mol. The van der Waals surface area contributed by atoms with E-state index in [1.165, 1.54) is 0 Å². The van der Waals surface area contributed by atoms with Gasteiger partial charge < -0.3 is 47.6 Å². The van der Waals surface area contributed by atoms with E-state index in [0.29, 0.717) is 12.1 Å². The van der Waals surface area contributed by atoms with Gasteiger partial charge in [-0.25, -0.2) is 0 Å². The molecule has 0 N–H and O–H groups in total. The van der Waals surface area contributed by atoms with Crippen LogP contribution in [0.4, 0.5) is 0 Å². The molecule has 0 amide bonds. The minimum absolute atomic E-state index is 0. The molecule has 10 nitrogen and oxygen atoms in total. The van der Waals surface area contributed by atoms with Crippen LogP contribution in [0.3, 0.4) is 0 Å². The molecule has 1 aromatic carbocycles. The molecule has 26 heavy (non-hydrogen) atoms. The van der Waals surface area contributed by atoms with Crippen molar-refractivity contribution in [1.82, 2.24) is 0 Å². The minimum atomic E-state index is -5.78. The Morgan fingerprint density at radius 3 is 1.19 bits per heavy atom. The van der Waals surface area contributed by atoms with Crippen molar-refractivity contribution < 1.29 is 161 Å². The topological polar surface area (TPSA) is 199 Å². The van der Waals surface area contributed by atoms with Gasteiger partial charge in [0.2, 0.25) is 0 Å². The Morgan fingerprint density at radius 2 is 0.962 bits per heavy atom. The molecular formula is C7H5Li6O10P3. The predicted octanol–water partition coefficient (Wildman–Crippen LogP) is -21.3. The zero-order chi connectivity index (χ0) is 15.8. The van der Waals surface area contributed by atoms with Gasteiger partial charge in [0.05, 0.1) is 0 Å². The summed E-state index contributed by atoms with van der Waals surface area (Å²) in [5.41, 5.74) is -0.675. The third kappa shape index (κ3) is 15.8. The Bertz CT molecular complexity index is 605. The van der Waals surface area contributed by atoms with Crippen LogP contribution in [0.2, 0.25) is 0 Å². The summed E-state index contributed by atoms with van der Waals surface area (Å²) < 4.78 is 35.8. The molecule has 0 radical (unpaired) electrons. The zero-order valence-corrected chi connectivity index (χ0v) is 18.0. The molecule has 0 atom stereocenters. The van der Waals surface area contributed by atoms with E-state index in [0.717, 1.165) is 12.1 Å². The van der Waals surface area contributed by atoms with Crippen LogP contribution < -0.4 is 147 Å². The van der Waals surface area contributed by atoms with E-state index in [1.54, 1.807) is 0 Å². The molecule has 0 unspecified atom stereocenters. The van der Waals surface area contributed by atoms with Gasteiger partial charge >= 0.3 is 113 Å². The summed E-state index contributed by atoms with van der Waals surface area (Å²) in [6.07, 6.45) is 0. The largest absolute Gasteiger partial charge is 1.00 e. The first kappa shape index (κ1) is 43.0. The average Bonchev–Trinajstić information content (AvgIpc) is 2.14. The van der Waals surface area contributed by atoms with E-state index in [4.69, 9.17) is 0 Å². The molecule has 0 aromatic heterocycles. The Balaban J connectivity index is -0.000000167. The summed E-state index contributed by atoms with van der Waals surface area (Å²) >= 11 is 0. The number of hydrogen-bond donors (Lipinski definition) is 0. The van der Waals surface area contributed by atoms with Crippen molar-refractivity contribution in [3.8, 4) is 5.75 Å². The van der Waals surface area contributed by atoms with Crippen LogP contribution >= 0.6 is 23.0 Å². The van der Waals surface area contributed by atoms with E-state index in [9.17, 15) is 43.1 Å². The molecule has 1 aromatic rings. The number of phosphoric acid groups is 1. The van der Waals surface area contributed by atoms with Gasteiger partial charge in [-0.05, 0) is 17.7 Å². The summed E-state index contributed by atoms with van der Waals surface area (Å²) in [4.78, 5) is 63.9. The maximum Gasteiger partial charge on any atom is 1.00 e. The van der Waals surface area contributed by atoms with Gasteiger partial charge in [0.15, 0.2) is 0 Å². The first-order valence-electron chi connectivity index (χ1n) is 4.66. The zero-order valence-electron chi connectivity index (χ0n) is 15.3. The molecule has 19 heteroatoms. The van der Waals surface area contributed by atoms with Gasteiger partial charge in [0.25, 0.3) is 0 Å². The number of rotatable bonds is 5. The Morgan fingerprint density at radius 1 is 0.654 bits per heavy atom. The normalized spacial score (nSPS) is 10.4. The van der Waals surface area contributed by atoms with Crippen LogP contribution in [-0.4, -0.2) is 0 Å². The first-order valence-corrected chi connectivity index (χ1v) is 9.34. The standard InChI is InChI=1S/C7H11O10P3.6Li/c8-18(9,10)7(19(11,12)13)5-1-3-6(4-2-5)17-20(14,15)16;;;;;;/h1-4,7H,(H2,8,9,10)(H2,11,12,13)(H2,14,15,16);;;;;;/q;6*+1/p-6. The summed E-state index contributed by atoms with van der Waals surface area (Å²) in [5.74, 6) is -0.529. The van der Waals surface area contributed by atoms with Crippen molar-refractivity contribution in [3.63, 3.8) is 0 Å². The fourth-order valence-electron chi connectivity index (χ4n) is 1.37. The van der Waals surface area contributed by atoms with Crippen molar-refractivity contribution in [2.24, 2.45) is 0 Å². The van der Waals surface area contributed by atoms with E-state index in [1.807, 2.05) is 0 Å². The molecule has 0 spiro atoms. The molecule has 0 saturated carbocycles. The number of hydrogen-bond acceptors (Lipinski definition) is 10. The molecule has 0 heterocycles. The monoisotopic (exact) mass is 384 g/mol. The molecule has 114 valence electrons. The quantitative estimate of drug-likeness (QED) is 0.347. The van der Waals surface area contributed by atoms with Gasteiger partial charge in [0.1, 0.15) is 13.6 Å². The summed E-state index contributed by atoms with van der Waals surface area (Å²) in [6, 6.07) is 2.83. The first-order chi connectivity index (χ1) is 8.81. The molecule has 0 fully saturated rings. The maximum atomic E-state index is 10.8. The van der Waals surface area contributed by atoms with Gasteiger partial charge in [-0.1, -0.05) is 27.3 Å². The fraction of sp³-hybridized carbons (Fsp3) is 0.143. The molecular weight excluding hydrogens is 379 g/mol. The average molecular weight is 384 g/mol. The van der Waals surface area contributed by atoms with E-state index < -0.39 is 39.7 Å². The third-order valence-electron chi connectivity index (χ3n) is 1.99. The third-order valence-corrected chi connectivity index (χ3v) is 5.92.